The molecule has 3 aliphatic rings. The zero-order valence-electron chi connectivity index (χ0n) is 19.6. The van der Waals surface area contributed by atoms with Crippen LogP contribution in [0.25, 0.3) is 22.5 Å². The molecule has 0 amide bonds. The van der Waals surface area contributed by atoms with Crippen molar-refractivity contribution in [1.82, 2.24) is 29.6 Å². The first-order valence-corrected chi connectivity index (χ1v) is 12.4. The standard InChI is InChI=1S/C25H31N7O2/c1-2-32-24(29-30-25(32)33)17-4-3-16-14-21-22(20(16)13-17)23(27-15-26-21)28-18-5-7-19(8-6-18)31-9-11-34-12-10-31/h3-4,13,15,18-19H,2,5-12,14H2,1H3,(H,30,33)(H,26,27,28). The highest BCUT2D eigenvalue weighted by atomic mass is 16.5. The van der Waals surface area contributed by atoms with Gasteiger partial charge in [0.1, 0.15) is 12.1 Å². The Bertz CT molecular complexity index is 1240. The second kappa shape index (κ2) is 8.96. The molecule has 6 rings (SSSR count). The number of benzene rings is 1. The summed E-state index contributed by atoms with van der Waals surface area (Å²) in [6.07, 6.45) is 7.18. The van der Waals surface area contributed by atoms with E-state index < -0.39 is 0 Å². The minimum atomic E-state index is -0.184. The van der Waals surface area contributed by atoms with Gasteiger partial charge in [-0.2, -0.15) is 5.10 Å². The van der Waals surface area contributed by atoms with Crippen LogP contribution in [0.15, 0.2) is 29.3 Å². The highest BCUT2D eigenvalue weighted by Crippen LogP contribution is 2.41. The molecule has 1 saturated carbocycles. The van der Waals surface area contributed by atoms with E-state index in [0.717, 1.165) is 73.8 Å². The molecule has 1 aromatic carbocycles. The van der Waals surface area contributed by atoms with Crippen molar-refractivity contribution in [2.24, 2.45) is 0 Å². The van der Waals surface area contributed by atoms with Crippen molar-refractivity contribution in [2.75, 3.05) is 31.6 Å². The topological polar surface area (TPSA) is 101 Å². The van der Waals surface area contributed by atoms with Crippen LogP contribution in [-0.4, -0.2) is 68.0 Å². The first kappa shape index (κ1) is 21.5. The molecule has 9 heteroatoms. The van der Waals surface area contributed by atoms with Gasteiger partial charge in [0, 0.05) is 49.3 Å². The van der Waals surface area contributed by atoms with Gasteiger partial charge in [-0.1, -0.05) is 12.1 Å². The number of hydrogen-bond donors (Lipinski definition) is 2. The summed E-state index contributed by atoms with van der Waals surface area (Å²) in [6.45, 7) is 6.36. The Hall–Kier alpha value is -3.04. The molecule has 0 atom stereocenters. The Balaban J connectivity index is 1.24. The molecule has 178 valence electrons. The predicted molar refractivity (Wildman–Crippen MR) is 130 cm³/mol. The molecule has 9 nitrogen and oxygen atoms in total. The van der Waals surface area contributed by atoms with E-state index in [1.165, 1.54) is 18.4 Å². The number of aromatic amines is 1. The normalized spacial score (nSPS) is 22.4. The van der Waals surface area contributed by atoms with Gasteiger partial charge >= 0.3 is 5.69 Å². The van der Waals surface area contributed by atoms with Crippen LogP contribution >= 0.6 is 0 Å². The van der Waals surface area contributed by atoms with E-state index in [1.807, 2.05) is 13.0 Å². The van der Waals surface area contributed by atoms with E-state index in [2.05, 4.69) is 42.5 Å². The highest BCUT2D eigenvalue weighted by molar-refractivity contribution is 5.86. The maximum absolute atomic E-state index is 12.1. The monoisotopic (exact) mass is 461 g/mol. The fraction of sp³-hybridized carbons (Fsp3) is 0.520. The van der Waals surface area contributed by atoms with Crippen LogP contribution in [0.5, 0.6) is 0 Å². The maximum atomic E-state index is 12.1. The number of nitrogens with one attached hydrogen (secondary N) is 2. The van der Waals surface area contributed by atoms with Crippen LogP contribution in [0.1, 0.15) is 43.9 Å². The third kappa shape index (κ3) is 3.82. The van der Waals surface area contributed by atoms with Crippen molar-refractivity contribution < 1.29 is 4.74 Å². The molecule has 3 aromatic rings. The van der Waals surface area contributed by atoms with Crippen LogP contribution in [-0.2, 0) is 17.7 Å². The summed E-state index contributed by atoms with van der Waals surface area (Å²) < 4.78 is 7.18. The van der Waals surface area contributed by atoms with Gasteiger partial charge in [-0.3, -0.25) is 9.47 Å². The average Bonchev–Trinajstić information content (AvgIpc) is 3.45. The molecular formula is C25H31N7O2. The lowest BCUT2D eigenvalue weighted by Gasteiger charge is -2.39. The molecule has 0 bridgehead atoms. The lowest BCUT2D eigenvalue weighted by molar-refractivity contribution is 0.00791. The minimum absolute atomic E-state index is 0.184. The van der Waals surface area contributed by atoms with Crippen LogP contribution in [0.4, 0.5) is 5.82 Å². The SMILES string of the molecule is CCn1c(-c2ccc3c(c2)-c2c(ncnc2NC2CCC(N4CCOCC4)CC2)C3)n[nH]c1=O. The molecule has 2 aliphatic carbocycles. The van der Waals surface area contributed by atoms with Gasteiger partial charge in [-0.15, -0.1) is 0 Å². The molecule has 2 N–H and O–H groups in total. The van der Waals surface area contributed by atoms with E-state index in [4.69, 9.17) is 4.74 Å². The van der Waals surface area contributed by atoms with Crippen molar-refractivity contribution in [3.05, 3.63) is 46.3 Å². The Morgan fingerprint density at radius 3 is 2.76 bits per heavy atom. The molecule has 2 fully saturated rings. The summed E-state index contributed by atoms with van der Waals surface area (Å²) in [4.78, 5) is 23.9. The number of H-pyrrole nitrogens is 1. The molecular weight excluding hydrogens is 430 g/mol. The van der Waals surface area contributed by atoms with Crippen molar-refractivity contribution >= 4 is 5.82 Å². The maximum Gasteiger partial charge on any atom is 0.343 e. The smallest absolute Gasteiger partial charge is 0.343 e. The molecule has 1 saturated heterocycles. The summed E-state index contributed by atoms with van der Waals surface area (Å²) in [5.74, 6) is 1.59. The summed E-state index contributed by atoms with van der Waals surface area (Å²) >= 11 is 0. The Morgan fingerprint density at radius 1 is 1.15 bits per heavy atom. The zero-order valence-corrected chi connectivity index (χ0v) is 19.6. The van der Waals surface area contributed by atoms with Crippen molar-refractivity contribution in [3.63, 3.8) is 0 Å². The second-order valence-corrected chi connectivity index (χ2v) is 9.49. The molecule has 0 spiro atoms. The number of fused-ring (bicyclic) bond motifs is 3. The Labute approximate surface area is 198 Å². The molecule has 34 heavy (non-hydrogen) atoms. The second-order valence-electron chi connectivity index (χ2n) is 9.49. The Morgan fingerprint density at radius 2 is 1.97 bits per heavy atom. The molecule has 3 heterocycles. The summed E-state index contributed by atoms with van der Waals surface area (Å²) in [6, 6.07) is 7.39. The average molecular weight is 462 g/mol. The fourth-order valence-electron chi connectivity index (χ4n) is 5.78. The van der Waals surface area contributed by atoms with Crippen molar-refractivity contribution in [2.45, 2.75) is 57.7 Å². The van der Waals surface area contributed by atoms with E-state index in [0.29, 0.717) is 24.5 Å². The van der Waals surface area contributed by atoms with Crippen LogP contribution < -0.4 is 11.0 Å². The Kier molecular flexibility index (Phi) is 5.66. The fourth-order valence-corrected chi connectivity index (χ4v) is 5.78. The minimum Gasteiger partial charge on any atom is -0.379 e. The number of nitrogens with zero attached hydrogens (tertiary/aromatic N) is 5. The molecule has 2 aromatic heterocycles. The van der Waals surface area contributed by atoms with Crippen LogP contribution in [0.2, 0.25) is 0 Å². The zero-order chi connectivity index (χ0) is 23.1. The predicted octanol–water partition coefficient (Wildman–Crippen LogP) is 2.67. The van der Waals surface area contributed by atoms with E-state index in [1.54, 1.807) is 10.9 Å². The highest BCUT2D eigenvalue weighted by Gasteiger charge is 2.29. The number of morpholine rings is 1. The van der Waals surface area contributed by atoms with Gasteiger partial charge in [0.2, 0.25) is 0 Å². The third-order valence-electron chi connectivity index (χ3n) is 7.60. The summed E-state index contributed by atoms with van der Waals surface area (Å²) in [5, 5.41) is 10.6. The van der Waals surface area contributed by atoms with Gasteiger partial charge in [0.25, 0.3) is 0 Å². The van der Waals surface area contributed by atoms with Crippen molar-refractivity contribution in [3.8, 4) is 22.5 Å². The largest absolute Gasteiger partial charge is 0.379 e. The van der Waals surface area contributed by atoms with E-state index in [9.17, 15) is 4.79 Å². The van der Waals surface area contributed by atoms with Crippen LogP contribution in [0, 0.1) is 0 Å². The molecule has 1 aliphatic heterocycles. The third-order valence-corrected chi connectivity index (χ3v) is 7.60. The molecule has 0 radical (unpaired) electrons. The summed E-state index contributed by atoms with van der Waals surface area (Å²) in [5.41, 5.74) is 5.26. The first-order chi connectivity index (χ1) is 16.7. The van der Waals surface area contributed by atoms with Gasteiger partial charge in [-0.25, -0.2) is 19.9 Å². The summed E-state index contributed by atoms with van der Waals surface area (Å²) in [7, 11) is 0. The number of aromatic nitrogens is 5. The van der Waals surface area contributed by atoms with Gasteiger partial charge in [0.05, 0.1) is 18.9 Å². The molecule has 0 unspecified atom stereocenters. The first-order valence-electron chi connectivity index (χ1n) is 12.4. The van der Waals surface area contributed by atoms with E-state index >= 15 is 0 Å². The van der Waals surface area contributed by atoms with Gasteiger partial charge < -0.3 is 10.1 Å². The number of hydrogen-bond acceptors (Lipinski definition) is 7. The van der Waals surface area contributed by atoms with E-state index in [-0.39, 0.29) is 5.69 Å². The van der Waals surface area contributed by atoms with Gasteiger partial charge in [0.15, 0.2) is 5.82 Å². The number of rotatable bonds is 5. The number of ether oxygens (including phenoxy) is 1. The lowest BCUT2D eigenvalue weighted by Crippen LogP contribution is -2.46. The van der Waals surface area contributed by atoms with Crippen molar-refractivity contribution in [1.29, 1.82) is 0 Å². The lowest BCUT2D eigenvalue weighted by atomic mass is 9.89. The number of anilines is 1. The van der Waals surface area contributed by atoms with Crippen LogP contribution in [0.3, 0.4) is 0 Å². The quantitative estimate of drug-likeness (QED) is 0.471. The van der Waals surface area contributed by atoms with Gasteiger partial charge in [-0.05, 0) is 49.8 Å².